The van der Waals surface area contributed by atoms with Crippen LogP contribution in [0, 0.1) is 0 Å². The first kappa shape index (κ1) is 16.7. The monoisotopic (exact) mass is 339 g/mol. The van der Waals surface area contributed by atoms with E-state index in [-0.39, 0.29) is 6.04 Å². The van der Waals surface area contributed by atoms with Crippen LogP contribution in [0.1, 0.15) is 31.1 Å². The van der Waals surface area contributed by atoms with Crippen LogP contribution in [0.4, 0.5) is 5.82 Å². The van der Waals surface area contributed by atoms with Crippen molar-refractivity contribution in [1.29, 1.82) is 0 Å². The predicted octanol–water partition coefficient (Wildman–Crippen LogP) is 3.27. The van der Waals surface area contributed by atoms with Crippen molar-refractivity contribution in [2.75, 3.05) is 11.6 Å². The highest BCUT2D eigenvalue weighted by molar-refractivity contribution is 7.90. The van der Waals surface area contributed by atoms with E-state index in [1.54, 1.807) is 24.3 Å². The molecule has 0 saturated heterocycles. The van der Waals surface area contributed by atoms with Gasteiger partial charge in [-0.1, -0.05) is 30.7 Å². The van der Waals surface area contributed by atoms with Gasteiger partial charge in [-0.25, -0.2) is 18.4 Å². The molecular formula is C15H18ClN3O2S. The lowest BCUT2D eigenvalue weighted by Crippen LogP contribution is -2.10. The summed E-state index contributed by atoms with van der Waals surface area (Å²) in [5, 5.41) is 3.75. The molecule has 0 fully saturated rings. The summed E-state index contributed by atoms with van der Waals surface area (Å²) in [6.45, 7) is 3.94. The maximum absolute atomic E-state index is 11.5. The van der Waals surface area contributed by atoms with Gasteiger partial charge in [-0.3, -0.25) is 0 Å². The molecule has 0 radical (unpaired) electrons. The fourth-order valence-electron chi connectivity index (χ4n) is 2.05. The summed E-state index contributed by atoms with van der Waals surface area (Å²) in [4.78, 5) is 8.59. The van der Waals surface area contributed by atoms with Crippen LogP contribution in [0.3, 0.4) is 0 Å². The highest BCUT2D eigenvalue weighted by atomic mass is 35.5. The van der Waals surface area contributed by atoms with Crippen molar-refractivity contribution in [3.8, 4) is 0 Å². The molecule has 5 nitrogen and oxygen atoms in total. The highest BCUT2D eigenvalue weighted by Gasteiger charge is 2.13. The minimum Gasteiger partial charge on any atom is -0.362 e. The molecule has 118 valence electrons. The van der Waals surface area contributed by atoms with Crippen molar-refractivity contribution in [2.45, 2.75) is 31.2 Å². The fourth-order valence-corrected chi connectivity index (χ4v) is 2.96. The molecule has 22 heavy (non-hydrogen) atoms. The number of aryl methyl sites for hydroxylation is 1. The van der Waals surface area contributed by atoms with Gasteiger partial charge in [0.15, 0.2) is 9.84 Å². The van der Waals surface area contributed by atoms with Crippen molar-refractivity contribution in [2.24, 2.45) is 0 Å². The van der Waals surface area contributed by atoms with Crippen LogP contribution in [-0.2, 0) is 16.3 Å². The lowest BCUT2D eigenvalue weighted by atomic mass is 10.1. The maximum atomic E-state index is 11.5. The van der Waals surface area contributed by atoms with E-state index >= 15 is 0 Å². The van der Waals surface area contributed by atoms with Gasteiger partial charge in [0.05, 0.1) is 10.6 Å². The standard InChI is InChI=1S/C15H18ClN3O2S/c1-4-13-14(16)15(18-9-17-13)19-10(2)11-5-7-12(8-6-11)22(3,20)21/h5-10H,4H2,1-3H3,(H,17,18,19). The average Bonchev–Trinajstić information content (AvgIpc) is 2.48. The Balaban J connectivity index is 2.21. The van der Waals surface area contributed by atoms with Crippen molar-refractivity contribution in [1.82, 2.24) is 9.97 Å². The Kier molecular flexibility index (Phi) is 5.03. The second-order valence-corrected chi connectivity index (χ2v) is 7.44. The van der Waals surface area contributed by atoms with E-state index in [0.29, 0.717) is 15.7 Å². The second-order valence-electron chi connectivity index (χ2n) is 5.04. The van der Waals surface area contributed by atoms with Gasteiger partial charge in [0.1, 0.15) is 17.2 Å². The quantitative estimate of drug-likeness (QED) is 0.905. The number of hydrogen-bond acceptors (Lipinski definition) is 5. The van der Waals surface area contributed by atoms with Crippen LogP contribution in [-0.4, -0.2) is 24.6 Å². The molecule has 1 aromatic carbocycles. The van der Waals surface area contributed by atoms with Gasteiger partial charge in [0.25, 0.3) is 0 Å². The van der Waals surface area contributed by atoms with Gasteiger partial charge in [-0.15, -0.1) is 0 Å². The summed E-state index contributed by atoms with van der Waals surface area (Å²) in [5.74, 6) is 0.577. The molecule has 0 saturated carbocycles. The molecule has 0 spiro atoms. The van der Waals surface area contributed by atoms with Crippen LogP contribution >= 0.6 is 11.6 Å². The number of hydrogen-bond donors (Lipinski definition) is 1. The van der Waals surface area contributed by atoms with Crippen LogP contribution in [0.15, 0.2) is 35.5 Å². The maximum Gasteiger partial charge on any atom is 0.175 e. The highest BCUT2D eigenvalue weighted by Crippen LogP contribution is 2.26. The molecule has 7 heteroatoms. The third-order valence-electron chi connectivity index (χ3n) is 3.36. The number of benzene rings is 1. The van der Waals surface area contributed by atoms with Gasteiger partial charge in [-0.05, 0) is 31.0 Å². The SMILES string of the molecule is CCc1ncnc(NC(C)c2ccc(S(C)(=O)=O)cc2)c1Cl. The van der Waals surface area contributed by atoms with E-state index in [1.165, 1.54) is 12.6 Å². The summed E-state index contributed by atoms with van der Waals surface area (Å²) in [7, 11) is -3.18. The predicted molar refractivity (Wildman–Crippen MR) is 88.0 cm³/mol. The van der Waals surface area contributed by atoms with E-state index < -0.39 is 9.84 Å². The Hall–Kier alpha value is -1.66. The molecule has 1 atom stereocenters. The Morgan fingerprint density at radius 3 is 2.41 bits per heavy atom. The minimum atomic E-state index is -3.18. The third kappa shape index (κ3) is 3.75. The normalized spacial score (nSPS) is 12.9. The van der Waals surface area contributed by atoms with Crippen LogP contribution in [0.2, 0.25) is 5.02 Å². The number of sulfone groups is 1. The first-order valence-electron chi connectivity index (χ1n) is 6.89. The molecule has 1 heterocycles. The van der Waals surface area contributed by atoms with Crippen molar-refractivity contribution < 1.29 is 8.42 Å². The second kappa shape index (κ2) is 6.62. The molecule has 0 aliphatic heterocycles. The van der Waals surface area contributed by atoms with E-state index in [4.69, 9.17) is 11.6 Å². The smallest absolute Gasteiger partial charge is 0.175 e. The molecule has 1 aromatic heterocycles. The van der Waals surface area contributed by atoms with E-state index in [2.05, 4.69) is 15.3 Å². The molecule has 1 N–H and O–H groups in total. The van der Waals surface area contributed by atoms with Crippen LogP contribution < -0.4 is 5.32 Å². The van der Waals surface area contributed by atoms with Crippen molar-refractivity contribution in [3.63, 3.8) is 0 Å². The fraction of sp³-hybridized carbons (Fsp3) is 0.333. The van der Waals surface area contributed by atoms with Gasteiger partial charge in [-0.2, -0.15) is 0 Å². The number of rotatable bonds is 5. The molecular weight excluding hydrogens is 322 g/mol. The lowest BCUT2D eigenvalue weighted by Gasteiger charge is -2.16. The summed E-state index contributed by atoms with van der Waals surface area (Å²) in [5.41, 5.74) is 1.74. The zero-order valence-electron chi connectivity index (χ0n) is 12.7. The number of nitrogens with zero attached hydrogens (tertiary/aromatic N) is 2. The number of nitrogens with one attached hydrogen (secondary N) is 1. The van der Waals surface area contributed by atoms with Gasteiger partial charge in [0, 0.05) is 12.3 Å². The van der Waals surface area contributed by atoms with Gasteiger partial charge < -0.3 is 5.32 Å². The van der Waals surface area contributed by atoms with E-state index in [0.717, 1.165) is 17.7 Å². The molecule has 0 bridgehead atoms. The first-order chi connectivity index (χ1) is 10.3. The van der Waals surface area contributed by atoms with Crippen LogP contribution in [0.25, 0.3) is 0 Å². The van der Waals surface area contributed by atoms with E-state index in [9.17, 15) is 8.42 Å². The molecule has 2 rings (SSSR count). The topological polar surface area (TPSA) is 72.0 Å². The zero-order valence-corrected chi connectivity index (χ0v) is 14.2. The Morgan fingerprint density at radius 1 is 1.23 bits per heavy atom. The largest absolute Gasteiger partial charge is 0.362 e. The van der Waals surface area contributed by atoms with Gasteiger partial charge in [0.2, 0.25) is 0 Å². The van der Waals surface area contributed by atoms with Gasteiger partial charge >= 0.3 is 0 Å². The Labute approximate surface area is 135 Å². The molecule has 0 aliphatic carbocycles. The third-order valence-corrected chi connectivity index (χ3v) is 4.88. The lowest BCUT2D eigenvalue weighted by molar-refractivity contribution is 0.602. The minimum absolute atomic E-state index is 0.0642. The van der Waals surface area contributed by atoms with Crippen LogP contribution in [0.5, 0.6) is 0 Å². The van der Waals surface area contributed by atoms with E-state index in [1.807, 2.05) is 13.8 Å². The number of aromatic nitrogens is 2. The van der Waals surface area contributed by atoms with Crippen molar-refractivity contribution in [3.05, 3.63) is 46.9 Å². The number of anilines is 1. The summed E-state index contributed by atoms with van der Waals surface area (Å²) < 4.78 is 22.9. The summed E-state index contributed by atoms with van der Waals surface area (Å²) in [6, 6.07) is 6.70. The molecule has 1 unspecified atom stereocenters. The summed E-state index contributed by atoms with van der Waals surface area (Å²) in [6.07, 6.45) is 3.40. The Morgan fingerprint density at radius 2 is 1.86 bits per heavy atom. The first-order valence-corrected chi connectivity index (χ1v) is 9.15. The summed E-state index contributed by atoms with van der Waals surface area (Å²) >= 11 is 6.26. The average molecular weight is 340 g/mol. The molecule has 0 amide bonds. The van der Waals surface area contributed by atoms with Crippen molar-refractivity contribution >= 4 is 27.3 Å². The molecule has 0 aliphatic rings. The zero-order chi connectivity index (χ0) is 16.3. The number of halogens is 1. The Bertz CT molecular complexity index is 761. The molecule has 2 aromatic rings.